The van der Waals surface area contributed by atoms with Crippen LogP contribution in [0.2, 0.25) is 0 Å². The predicted octanol–water partition coefficient (Wildman–Crippen LogP) is 0.144. The van der Waals surface area contributed by atoms with Gasteiger partial charge in [0.25, 0.3) is 0 Å². The normalized spacial score (nSPS) is 15.3. The quantitative estimate of drug-likeness (QED) is 0.622. The molecule has 1 atom stereocenters. The first-order chi connectivity index (χ1) is 5.97. The molecule has 13 heavy (non-hydrogen) atoms. The lowest BCUT2D eigenvalue weighted by Crippen LogP contribution is -2.36. The summed E-state index contributed by atoms with van der Waals surface area (Å²) in [5.74, 6) is -1.08. The number of carboxylic acids is 1. The van der Waals surface area contributed by atoms with Crippen molar-refractivity contribution < 1.29 is 19.4 Å². The monoisotopic (exact) mass is 185 g/mol. The summed E-state index contributed by atoms with van der Waals surface area (Å²) in [6.45, 7) is 1.25. The molecule has 1 heterocycles. The summed E-state index contributed by atoms with van der Waals surface area (Å²) in [5.41, 5.74) is 4.58. The van der Waals surface area contributed by atoms with Gasteiger partial charge in [0.2, 0.25) is 5.76 Å². The first-order valence-corrected chi connectivity index (χ1v) is 3.71. The Labute approximate surface area is 74.8 Å². The molecule has 0 bridgehead atoms. The lowest BCUT2D eigenvalue weighted by molar-refractivity contribution is 0.0655. The van der Waals surface area contributed by atoms with Gasteiger partial charge < -0.3 is 20.4 Å². The highest BCUT2D eigenvalue weighted by Gasteiger charge is 2.25. The Balaban J connectivity index is 2.98. The van der Waals surface area contributed by atoms with E-state index in [1.165, 1.54) is 12.1 Å². The van der Waals surface area contributed by atoms with Crippen molar-refractivity contribution in [3.8, 4) is 0 Å². The molecule has 5 heteroatoms. The largest absolute Gasteiger partial charge is 0.475 e. The number of furan rings is 1. The number of aliphatic hydroxyl groups excluding tert-OH is 1. The van der Waals surface area contributed by atoms with Crippen LogP contribution >= 0.6 is 0 Å². The van der Waals surface area contributed by atoms with Gasteiger partial charge in [-0.15, -0.1) is 0 Å². The van der Waals surface area contributed by atoms with Crippen molar-refractivity contribution in [2.75, 3.05) is 6.61 Å². The number of carbonyl (C=O) groups is 1. The number of hydrogen-bond donors (Lipinski definition) is 3. The Morgan fingerprint density at radius 2 is 2.31 bits per heavy atom. The highest BCUT2D eigenvalue weighted by molar-refractivity contribution is 5.84. The molecule has 0 amide bonds. The zero-order valence-electron chi connectivity index (χ0n) is 7.15. The third kappa shape index (κ3) is 1.88. The van der Waals surface area contributed by atoms with Gasteiger partial charge in [-0.3, -0.25) is 0 Å². The fraction of sp³-hybridized carbons (Fsp3) is 0.375. The third-order valence-electron chi connectivity index (χ3n) is 1.71. The van der Waals surface area contributed by atoms with Gasteiger partial charge in [0.15, 0.2) is 0 Å². The van der Waals surface area contributed by atoms with Crippen LogP contribution in [0.5, 0.6) is 0 Å². The second kappa shape index (κ2) is 3.20. The van der Waals surface area contributed by atoms with Crippen molar-refractivity contribution in [3.05, 3.63) is 23.7 Å². The summed E-state index contributed by atoms with van der Waals surface area (Å²) in [6.07, 6.45) is 0. The SMILES string of the molecule is C[C@@](N)(CO)c1ccc(C(=O)O)o1. The molecule has 0 spiro atoms. The van der Waals surface area contributed by atoms with Gasteiger partial charge in [-0.1, -0.05) is 0 Å². The minimum Gasteiger partial charge on any atom is -0.475 e. The van der Waals surface area contributed by atoms with Crippen LogP contribution in [-0.4, -0.2) is 22.8 Å². The Kier molecular flexibility index (Phi) is 2.40. The van der Waals surface area contributed by atoms with E-state index in [9.17, 15) is 4.79 Å². The number of nitrogens with two attached hydrogens (primary N) is 1. The minimum atomic E-state index is -1.15. The summed E-state index contributed by atoms with van der Waals surface area (Å²) < 4.78 is 4.92. The van der Waals surface area contributed by atoms with Gasteiger partial charge >= 0.3 is 5.97 Å². The van der Waals surface area contributed by atoms with Gasteiger partial charge in [-0.2, -0.15) is 0 Å². The maximum atomic E-state index is 10.4. The Hall–Kier alpha value is -1.33. The van der Waals surface area contributed by atoms with E-state index in [4.69, 9.17) is 20.4 Å². The van der Waals surface area contributed by atoms with E-state index in [0.29, 0.717) is 0 Å². The number of carboxylic acid groups (broad SMARTS) is 1. The van der Waals surface area contributed by atoms with Crippen molar-refractivity contribution in [2.45, 2.75) is 12.5 Å². The molecule has 5 nitrogen and oxygen atoms in total. The number of aliphatic hydroxyl groups is 1. The predicted molar refractivity (Wildman–Crippen MR) is 44.3 cm³/mol. The molecule has 1 aromatic heterocycles. The zero-order valence-corrected chi connectivity index (χ0v) is 7.15. The molecule has 0 aliphatic carbocycles. The first-order valence-electron chi connectivity index (χ1n) is 3.71. The molecule has 0 saturated heterocycles. The fourth-order valence-electron chi connectivity index (χ4n) is 0.838. The number of rotatable bonds is 3. The second-order valence-electron chi connectivity index (χ2n) is 3.04. The molecule has 0 aliphatic rings. The maximum absolute atomic E-state index is 10.4. The highest BCUT2D eigenvalue weighted by atomic mass is 16.4. The van der Waals surface area contributed by atoms with E-state index in [-0.39, 0.29) is 18.1 Å². The Morgan fingerprint density at radius 1 is 1.69 bits per heavy atom. The van der Waals surface area contributed by atoms with Crippen LogP contribution in [0.1, 0.15) is 23.2 Å². The molecule has 0 radical (unpaired) electrons. The second-order valence-corrected chi connectivity index (χ2v) is 3.04. The van der Waals surface area contributed by atoms with Crippen LogP contribution in [0.15, 0.2) is 16.5 Å². The van der Waals surface area contributed by atoms with Crippen LogP contribution < -0.4 is 5.73 Å². The standard InChI is InChI=1S/C8H11NO4/c1-8(9,4-10)6-3-2-5(13-6)7(11)12/h2-3,10H,4,9H2,1H3,(H,11,12)/t8-/m1/s1. The van der Waals surface area contributed by atoms with Crippen molar-refractivity contribution in [1.29, 1.82) is 0 Å². The lowest BCUT2D eigenvalue weighted by Gasteiger charge is -2.17. The summed E-state index contributed by atoms with van der Waals surface area (Å²) in [7, 11) is 0. The Bertz CT molecular complexity index is 316. The maximum Gasteiger partial charge on any atom is 0.371 e. The molecule has 0 aromatic carbocycles. The average Bonchev–Trinajstić information content (AvgIpc) is 2.52. The summed E-state index contributed by atoms with van der Waals surface area (Å²) in [6, 6.07) is 2.75. The fourth-order valence-corrected chi connectivity index (χ4v) is 0.838. The molecule has 1 aromatic rings. The van der Waals surface area contributed by atoms with Crippen LogP contribution in [0.25, 0.3) is 0 Å². The van der Waals surface area contributed by atoms with Crippen molar-refractivity contribution >= 4 is 5.97 Å². The lowest BCUT2D eigenvalue weighted by atomic mass is 10.0. The van der Waals surface area contributed by atoms with Crippen LogP contribution in [-0.2, 0) is 5.54 Å². The first kappa shape index (κ1) is 9.76. The number of hydrogen-bond acceptors (Lipinski definition) is 4. The van der Waals surface area contributed by atoms with E-state index >= 15 is 0 Å². The van der Waals surface area contributed by atoms with E-state index in [1.54, 1.807) is 6.92 Å². The van der Waals surface area contributed by atoms with Crippen molar-refractivity contribution in [2.24, 2.45) is 5.73 Å². The molecule has 0 unspecified atom stereocenters. The van der Waals surface area contributed by atoms with Gasteiger partial charge in [0, 0.05) is 0 Å². The number of aromatic carboxylic acids is 1. The Morgan fingerprint density at radius 3 is 2.69 bits per heavy atom. The third-order valence-corrected chi connectivity index (χ3v) is 1.71. The van der Waals surface area contributed by atoms with Crippen LogP contribution in [0, 0.1) is 0 Å². The molecule has 0 aliphatic heterocycles. The molecule has 0 saturated carbocycles. The van der Waals surface area contributed by atoms with Gasteiger partial charge in [0.1, 0.15) is 5.76 Å². The van der Waals surface area contributed by atoms with E-state index in [2.05, 4.69) is 0 Å². The van der Waals surface area contributed by atoms with Crippen molar-refractivity contribution in [1.82, 2.24) is 0 Å². The smallest absolute Gasteiger partial charge is 0.371 e. The summed E-state index contributed by atoms with van der Waals surface area (Å²) in [5, 5.41) is 17.4. The van der Waals surface area contributed by atoms with Gasteiger partial charge in [-0.25, -0.2) is 4.79 Å². The summed E-state index contributed by atoms with van der Waals surface area (Å²) >= 11 is 0. The van der Waals surface area contributed by atoms with Crippen LogP contribution in [0.3, 0.4) is 0 Å². The van der Waals surface area contributed by atoms with Crippen LogP contribution in [0.4, 0.5) is 0 Å². The molecule has 1 rings (SSSR count). The van der Waals surface area contributed by atoms with E-state index in [1.807, 2.05) is 0 Å². The summed E-state index contributed by atoms with van der Waals surface area (Å²) in [4.78, 5) is 10.4. The topological polar surface area (TPSA) is 96.7 Å². The minimum absolute atomic E-state index is 0.180. The molecular weight excluding hydrogens is 174 g/mol. The molecule has 4 N–H and O–H groups in total. The van der Waals surface area contributed by atoms with E-state index < -0.39 is 11.5 Å². The van der Waals surface area contributed by atoms with Gasteiger partial charge in [0.05, 0.1) is 12.1 Å². The zero-order chi connectivity index (χ0) is 10.1. The highest BCUT2D eigenvalue weighted by Crippen LogP contribution is 2.19. The van der Waals surface area contributed by atoms with Gasteiger partial charge in [-0.05, 0) is 19.1 Å². The van der Waals surface area contributed by atoms with Crippen molar-refractivity contribution in [3.63, 3.8) is 0 Å². The van der Waals surface area contributed by atoms with E-state index in [0.717, 1.165) is 0 Å². The molecule has 0 fully saturated rings. The molecular formula is C8H11NO4. The average molecular weight is 185 g/mol. The molecule has 72 valence electrons.